The van der Waals surface area contributed by atoms with E-state index in [1.165, 1.54) is 18.2 Å². The van der Waals surface area contributed by atoms with Gasteiger partial charge in [-0.25, -0.2) is 9.18 Å². The summed E-state index contributed by atoms with van der Waals surface area (Å²) in [5, 5.41) is 3.89. The number of hydrogen-bond donors (Lipinski definition) is 0. The Morgan fingerprint density at radius 3 is 2.23 bits per heavy atom. The summed E-state index contributed by atoms with van der Waals surface area (Å²) in [7, 11) is 0. The number of benzene rings is 3. The van der Waals surface area contributed by atoms with Crippen LogP contribution in [0.3, 0.4) is 0 Å². The molecule has 26 heavy (non-hydrogen) atoms. The fourth-order valence-corrected chi connectivity index (χ4v) is 2.52. The first-order chi connectivity index (χ1) is 12.7. The van der Waals surface area contributed by atoms with E-state index < -0.39 is 11.6 Å². The molecule has 6 heteroatoms. The van der Waals surface area contributed by atoms with Gasteiger partial charge in [0, 0.05) is 0 Å². The first kappa shape index (κ1) is 15.8. The first-order valence-electron chi connectivity index (χ1n) is 7.89. The van der Waals surface area contributed by atoms with Crippen LogP contribution in [0.25, 0.3) is 16.8 Å². The molecule has 0 saturated heterocycles. The van der Waals surface area contributed by atoms with Gasteiger partial charge in [0.2, 0.25) is 0 Å². The highest BCUT2D eigenvalue weighted by atomic mass is 19.1. The second kappa shape index (κ2) is 6.68. The highest BCUT2D eigenvalue weighted by Crippen LogP contribution is 2.24. The molecule has 128 valence electrons. The van der Waals surface area contributed by atoms with Crippen molar-refractivity contribution >= 4 is 0 Å². The van der Waals surface area contributed by atoms with Gasteiger partial charge in [-0.3, -0.25) is 0 Å². The summed E-state index contributed by atoms with van der Waals surface area (Å²) in [5.41, 5.74) is 2.10. The molecular formula is C20H13FN2O3. The molecule has 0 saturated carbocycles. The minimum Gasteiger partial charge on any atom is -0.410 e. The number of hydrogen-bond acceptors (Lipinski definition) is 4. The molecule has 4 aromatic rings. The normalized spacial score (nSPS) is 10.7. The summed E-state index contributed by atoms with van der Waals surface area (Å²) < 4.78 is 25.1. The van der Waals surface area contributed by atoms with Crippen LogP contribution < -0.4 is 10.5 Å². The van der Waals surface area contributed by atoms with Crippen LogP contribution in [0.2, 0.25) is 0 Å². The lowest BCUT2D eigenvalue weighted by molar-refractivity contribution is 0.320. The van der Waals surface area contributed by atoms with Crippen molar-refractivity contribution in [2.45, 2.75) is 0 Å². The SMILES string of the molecule is O=c1oc(Oc2ccc(-c3ccccc3)cc2)nn1-c1ccccc1F. The zero-order valence-corrected chi connectivity index (χ0v) is 13.5. The molecule has 0 N–H and O–H groups in total. The van der Waals surface area contributed by atoms with Crippen LogP contribution in [-0.2, 0) is 0 Å². The van der Waals surface area contributed by atoms with Crippen molar-refractivity contribution in [3.05, 3.63) is 95.2 Å². The Morgan fingerprint density at radius 2 is 1.50 bits per heavy atom. The molecule has 0 aliphatic heterocycles. The number of ether oxygens (including phenoxy) is 1. The third kappa shape index (κ3) is 3.12. The smallest absolute Gasteiger partial charge is 0.410 e. The number of halogens is 1. The number of para-hydroxylation sites is 1. The third-order valence-electron chi connectivity index (χ3n) is 3.78. The number of nitrogens with zero attached hydrogens (tertiary/aromatic N) is 2. The van der Waals surface area contributed by atoms with Crippen LogP contribution in [0.15, 0.2) is 88.1 Å². The van der Waals surface area contributed by atoms with Crippen LogP contribution in [0, 0.1) is 5.82 Å². The Bertz CT molecular complexity index is 1090. The fraction of sp³-hybridized carbons (Fsp3) is 0. The van der Waals surface area contributed by atoms with Crippen molar-refractivity contribution in [2.75, 3.05) is 0 Å². The molecule has 0 aliphatic carbocycles. The van der Waals surface area contributed by atoms with Crippen molar-refractivity contribution in [3.63, 3.8) is 0 Å². The van der Waals surface area contributed by atoms with Crippen LogP contribution in [0.4, 0.5) is 4.39 Å². The summed E-state index contributed by atoms with van der Waals surface area (Å²) in [6.45, 7) is 0. The second-order valence-electron chi connectivity index (χ2n) is 5.49. The Hall–Kier alpha value is -3.67. The Morgan fingerprint density at radius 1 is 0.846 bits per heavy atom. The summed E-state index contributed by atoms with van der Waals surface area (Å²) in [6, 6.07) is 22.9. The minimum atomic E-state index is -0.828. The fourth-order valence-electron chi connectivity index (χ4n) is 2.52. The number of rotatable bonds is 4. The van der Waals surface area contributed by atoms with E-state index in [1.807, 2.05) is 42.5 Å². The van der Waals surface area contributed by atoms with E-state index in [1.54, 1.807) is 18.2 Å². The van der Waals surface area contributed by atoms with Crippen LogP contribution in [0.1, 0.15) is 0 Å². The topological polar surface area (TPSA) is 57.3 Å². The average Bonchev–Trinajstić information content (AvgIpc) is 3.03. The molecule has 4 rings (SSSR count). The molecule has 0 atom stereocenters. The van der Waals surface area contributed by atoms with E-state index in [-0.39, 0.29) is 11.8 Å². The predicted molar refractivity (Wildman–Crippen MR) is 94.0 cm³/mol. The number of aromatic nitrogens is 2. The van der Waals surface area contributed by atoms with Gasteiger partial charge in [0.1, 0.15) is 17.3 Å². The van der Waals surface area contributed by atoms with Gasteiger partial charge in [-0.15, -0.1) is 0 Å². The third-order valence-corrected chi connectivity index (χ3v) is 3.78. The monoisotopic (exact) mass is 348 g/mol. The molecule has 3 aromatic carbocycles. The van der Waals surface area contributed by atoms with Crippen molar-refractivity contribution in [2.24, 2.45) is 0 Å². The Balaban J connectivity index is 1.58. The maximum absolute atomic E-state index is 13.8. The van der Waals surface area contributed by atoms with E-state index in [9.17, 15) is 9.18 Å². The summed E-state index contributed by atoms with van der Waals surface area (Å²) in [5.74, 6) is -0.959. The lowest BCUT2D eigenvalue weighted by Crippen LogP contribution is -2.14. The maximum atomic E-state index is 13.8. The molecule has 0 fully saturated rings. The van der Waals surface area contributed by atoms with Crippen LogP contribution in [-0.4, -0.2) is 9.78 Å². The van der Waals surface area contributed by atoms with E-state index in [4.69, 9.17) is 9.15 Å². The molecule has 1 aromatic heterocycles. The first-order valence-corrected chi connectivity index (χ1v) is 7.89. The van der Waals surface area contributed by atoms with Crippen molar-refractivity contribution in [1.82, 2.24) is 9.78 Å². The predicted octanol–water partition coefficient (Wildman–Crippen LogP) is 4.42. The summed E-state index contributed by atoms with van der Waals surface area (Å²) in [6.07, 6.45) is -0.259. The quantitative estimate of drug-likeness (QED) is 0.548. The maximum Gasteiger partial charge on any atom is 0.444 e. The van der Waals surface area contributed by atoms with E-state index in [2.05, 4.69) is 5.10 Å². The lowest BCUT2D eigenvalue weighted by atomic mass is 10.1. The van der Waals surface area contributed by atoms with Gasteiger partial charge >= 0.3 is 11.8 Å². The van der Waals surface area contributed by atoms with E-state index in [0.717, 1.165) is 15.8 Å². The molecule has 1 heterocycles. The molecular weight excluding hydrogens is 335 g/mol. The van der Waals surface area contributed by atoms with Gasteiger partial charge in [-0.2, -0.15) is 4.68 Å². The highest BCUT2D eigenvalue weighted by molar-refractivity contribution is 5.63. The van der Waals surface area contributed by atoms with E-state index >= 15 is 0 Å². The van der Waals surface area contributed by atoms with Gasteiger partial charge in [0.25, 0.3) is 0 Å². The van der Waals surface area contributed by atoms with Gasteiger partial charge in [0.15, 0.2) is 0 Å². The zero-order chi connectivity index (χ0) is 17.9. The molecule has 0 unspecified atom stereocenters. The second-order valence-corrected chi connectivity index (χ2v) is 5.49. The van der Waals surface area contributed by atoms with E-state index in [0.29, 0.717) is 5.75 Å². The van der Waals surface area contributed by atoms with Crippen molar-refractivity contribution < 1.29 is 13.5 Å². The highest BCUT2D eigenvalue weighted by Gasteiger charge is 2.14. The summed E-state index contributed by atoms with van der Waals surface area (Å²) in [4.78, 5) is 11.9. The summed E-state index contributed by atoms with van der Waals surface area (Å²) >= 11 is 0. The van der Waals surface area contributed by atoms with Gasteiger partial charge in [0.05, 0.1) is 0 Å². The Kier molecular flexibility index (Phi) is 4.07. The lowest BCUT2D eigenvalue weighted by Gasteiger charge is -2.03. The molecule has 5 nitrogen and oxygen atoms in total. The minimum absolute atomic E-state index is 0.00414. The molecule has 0 amide bonds. The van der Waals surface area contributed by atoms with Gasteiger partial charge in [-0.05, 0) is 35.4 Å². The van der Waals surface area contributed by atoms with Crippen molar-refractivity contribution in [1.29, 1.82) is 0 Å². The molecule has 0 radical (unpaired) electrons. The Labute approximate surface area is 147 Å². The zero-order valence-electron chi connectivity index (χ0n) is 13.5. The average molecular weight is 348 g/mol. The van der Waals surface area contributed by atoms with Crippen LogP contribution in [0.5, 0.6) is 11.8 Å². The van der Waals surface area contributed by atoms with Crippen molar-refractivity contribution in [3.8, 4) is 28.6 Å². The van der Waals surface area contributed by atoms with Crippen LogP contribution >= 0.6 is 0 Å². The molecule has 0 spiro atoms. The van der Waals surface area contributed by atoms with Gasteiger partial charge in [-0.1, -0.05) is 59.7 Å². The molecule has 0 aliphatic rings. The molecule has 0 bridgehead atoms. The standard InChI is InChI=1S/C20H13FN2O3/c21-17-8-4-5-9-18(17)23-20(24)26-19(22-23)25-16-12-10-15(11-13-16)14-6-2-1-3-7-14/h1-13H. The van der Waals surface area contributed by atoms with Gasteiger partial charge < -0.3 is 9.15 Å². The largest absolute Gasteiger partial charge is 0.444 e.